The summed E-state index contributed by atoms with van der Waals surface area (Å²) in [7, 11) is 0. The van der Waals surface area contributed by atoms with Crippen molar-refractivity contribution in [1.29, 1.82) is 0 Å². The number of hydrogen-bond acceptors (Lipinski definition) is 4. The summed E-state index contributed by atoms with van der Waals surface area (Å²) in [6, 6.07) is 4.39. The Kier molecular flexibility index (Phi) is 9.38. The van der Waals surface area contributed by atoms with Crippen LogP contribution in [0.4, 0.5) is 5.82 Å². The molecule has 0 spiro atoms. The maximum Gasteiger partial charge on any atom is 0.231 e. The third-order valence-electron chi connectivity index (χ3n) is 8.63. The fourth-order valence-corrected chi connectivity index (χ4v) is 6.26. The zero-order chi connectivity index (χ0) is 24.8. The number of ether oxygens (including phenoxy) is 1. The molecule has 1 amide bonds. The summed E-state index contributed by atoms with van der Waals surface area (Å²) in [5, 5.41) is 0. The van der Waals surface area contributed by atoms with Crippen molar-refractivity contribution in [3.05, 3.63) is 23.9 Å². The van der Waals surface area contributed by atoms with Crippen LogP contribution < -0.4 is 4.90 Å². The number of Topliss-reactive ketones (excluding diaryl/α,β-unsaturated/α-hetero) is 1. The predicted molar refractivity (Wildman–Crippen MR) is 140 cm³/mol. The molecule has 5 nitrogen and oxygen atoms in total. The van der Waals surface area contributed by atoms with E-state index in [0.717, 1.165) is 37.9 Å². The van der Waals surface area contributed by atoms with Crippen LogP contribution >= 0.6 is 0 Å². The Labute approximate surface area is 212 Å². The van der Waals surface area contributed by atoms with Crippen LogP contribution in [0.2, 0.25) is 0 Å². The molecule has 3 fully saturated rings. The van der Waals surface area contributed by atoms with Gasteiger partial charge in [0.2, 0.25) is 5.91 Å². The van der Waals surface area contributed by atoms with Crippen LogP contribution in [0, 0.1) is 23.7 Å². The van der Waals surface area contributed by atoms with Gasteiger partial charge in [-0.3, -0.25) is 14.5 Å². The van der Waals surface area contributed by atoms with Gasteiger partial charge in [0.25, 0.3) is 0 Å². The van der Waals surface area contributed by atoms with Crippen LogP contribution in [-0.4, -0.2) is 35.9 Å². The van der Waals surface area contributed by atoms with Crippen LogP contribution in [-0.2, 0) is 14.3 Å². The van der Waals surface area contributed by atoms with E-state index >= 15 is 0 Å². The molecule has 0 bridgehead atoms. The van der Waals surface area contributed by atoms with Gasteiger partial charge in [0.05, 0.1) is 6.61 Å². The van der Waals surface area contributed by atoms with Crippen molar-refractivity contribution in [2.75, 3.05) is 18.1 Å². The van der Waals surface area contributed by atoms with Gasteiger partial charge in [-0.25, -0.2) is 4.98 Å². The van der Waals surface area contributed by atoms with Gasteiger partial charge in [-0.15, -0.1) is 0 Å². The highest BCUT2D eigenvalue weighted by Gasteiger charge is 2.40. The van der Waals surface area contributed by atoms with E-state index in [4.69, 9.17) is 4.74 Å². The topological polar surface area (TPSA) is 59.5 Å². The van der Waals surface area contributed by atoms with Gasteiger partial charge in [0.15, 0.2) is 0 Å². The van der Waals surface area contributed by atoms with Crippen LogP contribution in [0.25, 0.3) is 0 Å². The maximum atomic E-state index is 13.7. The summed E-state index contributed by atoms with van der Waals surface area (Å²) in [5.74, 6) is 2.67. The molecule has 0 radical (unpaired) electrons. The number of carbonyl (C=O) groups is 2. The Hall–Kier alpha value is -1.75. The van der Waals surface area contributed by atoms with Crippen LogP contribution in [0.5, 0.6) is 0 Å². The Morgan fingerprint density at radius 2 is 1.74 bits per heavy atom. The standard InChI is InChI=1S/C30H46N2O3/c1-4-35-20-26(22-9-6-5-7-10-22)18-28(33)23-11-8-12-24(17-23)30(34)32(27-14-15-27)29-16-13-25(19-31-29)21(2)3/h13,16,19,21-24,26-27H,4-12,14-15,17-18,20H2,1-3H3/t23-,24+,26-/m1/s1. The summed E-state index contributed by atoms with van der Waals surface area (Å²) in [5.41, 5.74) is 1.19. The molecule has 1 aromatic heterocycles. The van der Waals surface area contributed by atoms with Crippen molar-refractivity contribution in [1.82, 2.24) is 4.98 Å². The second kappa shape index (κ2) is 12.5. The Morgan fingerprint density at radius 3 is 2.37 bits per heavy atom. The van der Waals surface area contributed by atoms with E-state index in [1.807, 2.05) is 24.1 Å². The van der Waals surface area contributed by atoms with Gasteiger partial charge in [0, 0.05) is 37.1 Å². The number of aromatic nitrogens is 1. The maximum absolute atomic E-state index is 13.7. The minimum atomic E-state index is -0.0649. The molecular formula is C30H46N2O3. The van der Waals surface area contributed by atoms with Crippen molar-refractivity contribution >= 4 is 17.5 Å². The van der Waals surface area contributed by atoms with Crippen molar-refractivity contribution in [3.8, 4) is 0 Å². The van der Waals surface area contributed by atoms with E-state index in [1.165, 1.54) is 37.7 Å². The lowest BCUT2D eigenvalue weighted by molar-refractivity contribution is -0.129. The van der Waals surface area contributed by atoms with Crippen molar-refractivity contribution < 1.29 is 14.3 Å². The highest BCUT2D eigenvalue weighted by molar-refractivity contribution is 5.95. The Balaban J connectivity index is 1.40. The zero-order valence-electron chi connectivity index (χ0n) is 22.2. The van der Waals surface area contributed by atoms with E-state index in [1.54, 1.807) is 0 Å². The first-order chi connectivity index (χ1) is 17.0. The number of hydrogen-bond donors (Lipinski definition) is 0. The van der Waals surface area contributed by atoms with E-state index in [2.05, 4.69) is 24.9 Å². The summed E-state index contributed by atoms with van der Waals surface area (Å²) < 4.78 is 5.81. The van der Waals surface area contributed by atoms with Gasteiger partial charge in [-0.05, 0) is 68.4 Å². The molecule has 0 aromatic carbocycles. The lowest BCUT2D eigenvalue weighted by Gasteiger charge is -2.34. The van der Waals surface area contributed by atoms with Gasteiger partial charge >= 0.3 is 0 Å². The average molecular weight is 483 g/mol. The first-order valence-electron chi connectivity index (χ1n) is 14.4. The number of anilines is 1. The first-order valence-corrected chi connectivity index (χ1v) is 14.4. The van der Waals surface area contributed by atoms with E-state index in [-0.39, 0.29) is 23.8 Å². The third-order valence-corrected chi connectivity index (χ3v) is 8.63. The molecule has 0 aliphatic heterocycles. The number of ketones is 1. The summed E-state index contributed by atoms with van der Waals surface area (Å²) >= 11 is 0. The molecule has 3 aliphatic rings. The summed E-state index contributed by atoms with van der Waals surface area (Å²) in [6.07, 6.45) is 14.5. The second-order valence-electron chi connectivity index (χ2n) is 11.6. The summed E-state index contributed by atoms with van der Waals surface area (Å²) in [4.78, 5) is 33.8. The number of nitrogens with zero attached hydrogens (tertiary/aromatic N) is 2. The molecule has 3 saturated carbocycles. The monoisotopic (exact) mass is 482 g/mol. The van der Waals surface area contributed by atoms with E-state index in [0.29, 0.717) is 49.6 Å². The fourth-order valence-electron chi connectivity index (χ4n) is 6.26. The zero-order valence-corrected chi connectivity index (χ0v) is 22.2. The van der Waals surface area contributed by atoms with Gasteiger partial charge in [-0.1, -0.05) is 58.4 Å². The van der Waals surface area contributed by atoms with Crippen LogP contribution in [0.3, 0.4) is 0 Å². The molecule has 0 N–H and O–H groups in total. The van der Waals surface area contributed by atoms with Gasteiger partial charge in [-0.2, -0.15) is 0 Å². The molecule has 0 unspecified atom stereocenters. The normalized spacial score (nSPS) is 24.3. The molecular weight excluding hydrogens is 436 g/mol. The Morgan fingerprint density at radius 1 is 1.00 bits per heavy atom. The minimum Gasteiger partial charge on any atom is -0.381 e. The number of pyridine rings is 1. The van der Waals surface area contributed by atoms with Crippen molar-refractivity contribution in [3.63, 3.8) is 0 Å². The largest absolute Gasteiger partial charge is 0.381 e. The molecule has 4 rings (SSSR count). The second-order valence-corrected chi connectivity index (χ2v) is 11.6. The molecule has 3 atom stereocenters. The molecule has 1 aromatic rings. The number of rotatable bonds is 11. The Bertz CT molecular complexity index is 827. The molecule has 3 aliphatic carbocycles. The quantitative estimate of drug-likeness (QED) is 0.352. The van der Waals surface area contributed by atoms with Gasteiger partial charge < -0.3 is 4.74 Å². The van der Waals surface area contributed by atoms with Crippen LogP contribution in [0.1, 0.15) is 109 Å². The highest BCUT2D eigenvalue weighted by Crippen LogP contribution is 2.39. The highest BCUT2D eigenvalue weighted by atomic mass is 16.5. The predicted octanol–water partition coefficient (Wildman–Crippen LogP) is 6.70. The number of amides is 1. The fraction of sp³-hybridized carbons (Fsp3) is 0.767. The van der Waals surface area contributed by atoms with Crippen molar-refractivity contribution in [2.24, 2.45) is 23.7 Å². The third kappa shape index (κ3) is 6.93. The minimum absolute atomic E-state index is 0.0164. The molecule has 0 saturated heterocycles. The smallest absolute Gasteiger partial charge is 0.231 e. The lowest BCUT2D eigenvalue weighted by atomic mass is 9.73. The molecule has 5 heteroatoms. The van der Waals surface area contributed by atoms with E-state index < -0.39 is 0 Å². The van der Waals surface area contributed by atoms with Gasteiger partial charge in [0.1, 0.15) is 11.6 Å². The van der Waals surface area contributed by atoms with Crippen LogP contribution in [0.15, 0.2) is 18.3 Å². The molecule has 194 valence electrons. The van der Waals surface area contributed by atoms with E-state index in [9.17, 15) is 9.59 Å². The first kappa shape index (κ1) is 26.3. The SMILES string of the molecule is CCOC[C@@H](CC(=O)[C@@H]1CCC[C@H](C(=O)N(c2ccc(C(C)C)cn2)C2CC2)C1)C1CCCCC1. The number of carbonyl (C=O) groups excluding carboxylic acids is 2. The van der Waals surface area contributed by atoms with Crippen molar-refractivity contribution in [2.45, 2.75) is 110 Å². The lowest BCUT2D eigenvalue weighted by Crippen LogP contribution is -2.41. The summed E-state index contributed by atoms with van der Waals surface area (Å²) in [6.45, 7) is 7.77. The molecule has 35 heavy (non-hydrogen) atoms. The average Bonchev–Trinajstić information content (AvgIpc) is 3.72. The molecule has 1 heterocycles.